The molecule has 0 saturated heterocycles. The molecule has 0 aliphatic rings. The van der Waals surface area contributed by atoms with E-state index in [1.807, 2.05) is 0 Å². The van der Waals surface area contributed by atoms with E-state index in [1.165, 1.54) is 31.2 Å². The second-order valence-electron chi connectivity index (χ2n) is 4.96. The third kappa shape index (κ3) is 4.64. The first-order chi connectivity index (χ1) is 11.3. The SMILES string of the molecule is CC(=O)Oc1ccccc1C(=O)NCc1ccc(S(N)(=O)=O)cc1. The van der Waals surface area contributed by atoms with Crippen molar-refractivity contribution in [1.82, 2.24) is 5.32 Å². The van der Waals surface area contributed by atoms with Crippen LogP contribution in [-0.2, 0) is 21.4 Å². The van der Waals surface area contributed by atoms with E-state index in [0.717, 1.165) is 0 Å². The number of para-hydroxylation sites is 1. The normalized spacial score (nSPS) is 10.9. The quantitative estimate of drug-likeness (QED) is 0.622. The van der Waals surface area contributed by atoms with Crippen LogP contribution in [0.15, 0.2) is 53.4 Å². The molecule has 0 atom stereocenters. The van der Waals surface area contributed by atoms with Gasteiger partial charge in [-0.3, -0.25) is 9.59 Å². The van der Waals surface area contributed by atoms with Crippen molar-refractivity contribution >= 4 is 21.9 Å². The van der Waals surface area contributed by atoms with Crippen molar-refractivity contribution in [2.45, 2.75) is 18.4 Å². The Labute approximate surface area is 139 Å². The Hall–Kier alpha value is -2.71. The number of carbonyl (C=O) groups excluding carboxylic acids is 2. The number of amides is 1. The van der Waals surface area contributed by atoms with Gasteiger partial charge in [0.2, 0.25) is 10.0 Å². The molecule has 2 aromatic rings. The number of rotatable bonds is 5. The number of sulfonamides is 1. The van der Waals surface area contributed by atoms with Crippen LogP contribution in [0.25, 0.3) is 0 Å². The second-order valence-corrected chi connectivity index (χ2v) is 6.52. The largest absolute Gasteiger partial charge is 0.426 e. The van der Waals surface area contributed by atoms with Crippen molar-refractivity contribution in [3.8, 4) is 5.75 Å². The van der Waals surface area contributed by atoms with Gasteiger partial charge in [-0.05, 0) is 29.8 Å². The molecule has 1 amide bonds. The van der Waals surface area contributed by atoms with Crippen LogP contribution < -0.4 is 15.2 Å². The minimum Gasteiger partial charge on any atom is -0.426 e. The van der Waals surface area contributed by atoms with Crippen LogP contribution in [0.5, 0.6) is 5.75 Å². The number of benzene rings is 2. The Bertz CT molecular complexity index is 860. The molecule has 2 aromatic carbocycles. The van der Waals surface area contributed by atoms with E-state index in [4.69, 9.17) is 9.88 Å². The van der Waals surface area contributed by atoms with Gasteiger partial charge in [-0.1, -0.05) is 24.3 Å². The molecule has 0 heterocycles. The van der Waals surface area contributed by atoms with Gasteiger partial charge >= 0.3 is 5.97 Å². The van der Waals surface area contributed by atoms with E-state index in [9.17, 15) is 18.0 Å². The fourth-order valence-corrected chi connectivity index (χ4v) is 2.49. The molecule has 3 N–H and O–H groups in total. The van der Waals surface area contributed by atoms with Gasteiger partial charge < -0.3 is 10.1 Å². The van der Waals surface area contributed by atoms with Gasteiger partial charge in [0.1, 0.15) is 5.75 Å². The number of nitrogens with two attached hydrogens (primary N) is 1. The summed E-state index contributed by atoms with van der Waals surface area (Å²) in [6.45, 7) is 1.43. The van der Waals surface area contributed by atoms with Crippen LogP contribution in [0.4, 0.5) is 0 Å². The van der Waals surface area contributed by atoms with Crippen LogP contribution in [0.3, 0.4) is 0 Å². The summed E-state index contributed by atoms with van der Waals surface area (Å²) in [7, 11) is -3.75. The average Bonchev–Trinajstić information content (AvgIpc) is 2.52. The molecule has 24 heavy (non-hydrogen) atoms. The van der Waals surface area contributed by atoms with Crippen molar-refractivity contribution in [3.05, 3.63) is 59.7 Å². The highest BCUT2D eigenvalue weighted by molar-refractivity contribution is 7.89. The van der Waals surface area contributed by atoms with Crippen LogP contribution in [0.1, 0.15) is 22.8 Å². The lowest BCUT2D eigenvalue weighted by Crippen LogP contribution is -2.24. The average molecular weight is 348 g/mol. The summed E-state index contributed by atoms with van der Waals surface area (Å²) in [4.78, 5) is 23.3. The summed E-state index contributed by atoms with van der Waals surface area (Å²) in [5.74, 6) is -0.761. The first-order valence-electron chi connectivity index (χ1n) is 6.95. The molecule has 0 radical (unpaired) electrons. The summed E-state index contributed by atoms with van der Waals surface area (Å²) in [5.41, 5.74) is 0.926. The molecule has 0 bridgehead atoms. The van der Waals surface area contributed by atoms with E-state index in [1.54, 1.807) is 24.3 Å². The maximum Gasteiger partial charge on any atom is 0.308 e. The van der Waals surface area contributed by atoms with Crippen LogP contribution in [0, 0.1) is 0 Å². The van der Waals surface area contributed by atoms with Gasteiger partial charge in [-0.15, -0.1) is 0 Å². The van der Waals surface area contributed by atoms with E-state index in [-0.39, 0.29) is 22.8 Å². The molecular formula is C16H16N2O5S. The summed E-state index contributed by atoms with van der Waals surface area (Å²) >= 11 is 0. The van der Waals surface area contributed by atoms with Gasteiger partial charge in [0.15, 0.2) is 0 Å². The van der Waals surface area contributed by atoms with Gasteiger partial charge in [0, 0.05) is 13.5 Å². The minimum atomic E-state index is -3.75. The smallest absolute Gasteiger partial charge is 0.308 e. The molecule has 0 unspecified atom stereocenters. The number of nitrogens with one attached hydrogen (secondary N) is 1. The molecule has 0 aliphatic heterocycles. The Morgan fingerprint density at radius 3 is 2.29 bits per heavy atom. The highest BCUT2D eigenvalue weighted by Gasteiger charge is 2.13. The number of ether oxygens (including phenoxy) is 1. The lowest BCUT2D eigenvalue weighted by molar-refractivity contribution is -0.131. The predicted octanol–water partition coefficient (Wildman–Crippen LogP) is 1.19. The Kier molecular flexibility index (Phi) is 5.32. The zero-order valence-corrected chi connectivity index (χ0v) is 13.7. The number of esters is 1. The molecule has 0 aromatic heterocycles. The fourth-order valence-electron chi connectivity index (χ4n) is 1.97. The zero-order valence-electron chi connectivity index (χ0n) is 12.9. The molecule has 8 heteroatoms. The van der Waals surface area contributed by atoms with Crippen LogP contribution in [0.2, 0.25) is 0 Å². The minimum absolute atomic E-state index is 0.00206. The molecule has 126 valence electrons. The number of carbonyl (C=O) groups is 2. The van der Waals surface area contributed by atoms with E-state index in [2.05, 4.69) is 5.32 Å². The van der Waals surface area contributed by atoms with Crippen molar-refractivity contribution in [1.29, 1.82) is 0 Å². The van der Waals surface area contributed by atoms with Crippen molar-refractivity contribution in [2.75, 3.05) is 0 Å². The predicted molar refractivity (Wildman–Crippen MR) is 86.7 cm³/mol. The first-order valence-corrected chi connectivity index (χ1v) is 8.49. The molecule has 0 fully saturated rings. The second kappa shape index (κ2) is 7.24. The molecule has 2 rings (SSSR count). The first kappa shape index (κ1) is 17.6. The van der Waals surface area contributed by atoms with Crippen molar-refractivity contribution < 1.29 is 22.7 Å². The third-order valence-corrected chi connectivity index (χ3v) is 4.02. The van der Waals surface area contributed by atoms with Gasteiger partial charge in [-0.2, -0.15) is 0 Å². The van der Waals surface area contributed by atoms with Crippen LogP contribution >= 0.6 is 0 Å². The van der Waals surface area contributed by atoms with E-state index in [0.29, 0.717) is 5.56 Å². The zero-order chi connectivity index (χ0) is 17.7. The summed E-state index contributed by atoms with van der Waals surface area (Å²) < 4.78 is 27.4. The van der Waals surface area contributed by atoms with Gasteiger partial charge in [-0.25, -0.2) is 13.6 Å². The molecule has 0 saturated carbocycles. The van der Waals surface area contributed by atoms with Crippen LogP contribution in [-0.4, -0.2) is 20.3 Å². The number of hydrogen-bond acceptors (Lipinski definition) is 5. The monoisotopic (exact) mass is 348 g/mol. The lowest BCUT2D eigenvalue weighted by Gasteiger charge is -2.10. The topological polar surface area (TPSA) is 116 Å². The van der Waals surface area contributed by atoms with Crippen molar-refractivity contribution in [3.63, 3.8) is 0 Å². The Morgan fingerprint density at radius 1 is 1.08 bits per heavy atom. The van der Waals surface area contributed by atoms with E-state index < -0.39 is 21.9 Å². The Morgan fingerprint density at radius 2 is 1.71 bits per heavy atom. The summed E-state index contributed by atoms with van der Waals surface area (Å²) in [6.07, 6.45) is 0. The highest BCUT2D eigenvalue weighted by Crippen LogP contribution is 2.18. The standard InChI is InChI=1S/C16H16N2O5S/c1-11(19)23-15-5-3-2-4-14(15)16(20)18-10-12-6-8-13(9-7-12)24(17,21)22/h2-9H,10H2,1H3,(H,18,20)(H2,17,21,22). The Balaban J connectivity index is 2.07. The number of hydrogen-bond donors (Lipinski definition) is 2. The van der Waals surface area contributed by atoms with Crippen molar-refractivity contribution in [2.24, 2.45) is 5.14 Å². The van der Waals surface area contributed by atoms with E-state index >= 15 is 0 Å². The molecule has 0 spiro atoms. The molecule has 7 nitrogen and oxygen atoms in total. The maximum absolute atomic E-state index is 12.2. The molecular weight excluding hydrogens is 332 g/mol. The summed E-state index contributed by atoms with van der Waals surface area (Å²) in [6, 6.07) is 12.2. The summed E-state index contributed by atoms with van der Waals surface area (Å²) in [5, 5.41) is 7.70. The molecule has 0 aliphatic carbocycles. The lowest BCUT2D eigenvalue weighted by atomic mass is 10.1. The third-order valence-electron chi connectivity index (χ3n) is 3.09. The number of primary sulfonamides is 1. The van der Waals surface area contributed by atoms with Gasteiger partial charge in [0.25, 0.3) is 5.91 Å². The highest BCUT2D eigenvalue weighted by atomic mass is 32.2. The fraction of sp³-hybridized carbons (Fsp3) is 0.125. The maximum atomic E-state index is 12.2. The van der Waals surface area contributed by atoms with Gasteiger partial charge in [0.05, 0.1) is 10.5 Å².